The maximum Gasteiger partial charge on any atom is 0.379 e. The summed E-state index contributed by atoms with van der Waals surface area (Å²) >= 11 is 14.7. The van der Waals surface area contributed by atoms with Crippen LogP contribution >= 0.6 is 39.1 Å². The molecule has 7 heteroatoms. The molecule has 0 N–H and O–H groups in total. The molecule has 19 heavy (non-hydrogen) atoms. The van der Waals surface area contributed by atoms with Crippen LogP contribution in [0.15, 0.2) is 33.4 Å². The topological polar surface area (TPSA) is 56.5 Å². The Labute approximate surface area is 126 Å². The zero-order valence-electron chi connectivity index (χ0n) is 9.15. The summed E-state index contributed by atoms with van der Waals surface area (Å²) in [5, 5.41) is 0.334. The largest absolute Gasteiger partial charge is 0.442 e. The molecule has 4 nitrogen and oxygen atoms in total. The highest BCUT2D eigenvalue weighted by atomic mass is 79.9. The summed E-state index contributed by atoms with van der Waals surface area (Å²) in [4.78, 5) is 22.7. The minimum atomic E-state index is -0.766. The molecule has 0 aliphatic rings. The predicted molar refractivity (Wildman–Crippen MR) is 73.2 cm³/mol. The molecule has 0 saturated heterocycles. The van der Waals surface area contributed by atoms with Crippen LogP contribution in [-0.2, 0) is 0 Å². The average molecular weight is 364 g/mol. The summed E-state index contributed by atoms with van der Waals surface area (Å²) in [6.45, 7) is 0. The van der Waals surface area contributed by atoms with E-state index in [0.29, 0.717) is 11.0 Å². The average Bonchev–Trinajstić information content (AvgIpc) is 2.78. The SMILES string of the molecule is O=Cc1cc(Cl)cc(Cl)c1OC(=O)c1ccc(Br)o1. The van der Waals surface area contributed by atoms with Crippen molar-refractivity contribution in [3.8, 4) is 5.75 Å². The van der Waals surface area contributed by atoms with Gasteiger partial charge in [-0.05, 0) is 40.2 Å². The van der Waals surface area contributed by atoms with Gasteiger partial charge in [0.25, 0.3) is 0 Å². The van der Waals surface area contributed by atoms with Crippen molar-refractivity contribution < 1.29 is 18.7 Å². The Morgan fingerprint density at radius 3 is 2.63 bits per heavy atom. The number of furan rings is 1. The number of aldehydes is 1. The second-order valence-corrected chi connectivity index (χ2v) is 5.04. The summed E-state index contributed by atoms with van der Waals surface area (Å²) in [5.74, 6) is -0.841. The van der Waals surface area contributed by atoms with Gasteiger partial charge in [0.2, 0.25) is 5.76 Å². The van der Waals surface area contributed by atoms with Crippen molar-refractivity contribution in [2.75, 3.05) is 0 Å². The van der Waals surface area contributed by atoms with E-state index in [1.165, 1.54) is 18.2 Å². The van der Waals surface area contributed by atoms with Gasteiger partial charge in [0.15, 0.2) is 16.7 Å². The molecule has 1 heterocycles. The van der Waals surface area contributed by atoms with E-state index in [0.717, 1.165) is 0 Å². The van der Waals surface area contributed by atoms with Gasteiger partial charge in [-0.2, -0.15) is 0 Å². The molecule has 1 aromatic carbocycles. The summed E-state index contributed by atoms with van der Waals surface area (Å²) in [5.41, 5.74) is 0.0801. The molecule has 0 aliphatic carbocycles. The summed E-state index contributed by atoms with van der Waals surface area (Å²) in [7, 11) is 0. The Morgan fingerprint density at radius 2 is 2.05 bits per heavy atom. The fourth-order valence-electron chi connectivity index (χ4n) is 1.34. The molecule has 0 amide bonds. The number of rotatable bonds is 3. The van der Waals surface area contributed by atoms with E-state index in [2.05, 4.69) is 15.9 Å². The van der Waals surface area contributed by atoms with Crippen LogP contribution in [0.4, 0.5) is 0 Å². The lowest BCUT2D eigenvalue weighted by Gasteiger charge is -2.07. The number of benzene rings is 1. The Morgan fingerprint density at radius 1 is 1.32 bits per heavy atom. The molecule has 0 atom stereocenters. The van der Waals surface area contributed by atoms with Crippen molar-refractivity contribution in [2.45, 2.75) is 0 Å². The van der Waals surface area contributed by atoms with Gasteiger partial charge in [-0.1, -0.05) is 23.2 Å². The van der Waals surface area contributed by atoms with Crippen molar-refractivity contribution in [1.82, 2.24) is 0 Å². The number of halogens is 3. The molecule has 0 bridgehead atoms. The molecular weight excluding hydrogens is 359 g/mol. The first-order valence-corrected chi connectivity index (χ1v) is 6.48. The minimum Gasteiger partial charge on any atom is -0.442 e. The van der Waals surface area contributed by atoms with E-state index in [9.17, 15) is 9.59 Å². The van der Waals surface area contributed by atoms with Gasteiger partial charge in [-0.3, -0.25) is 4.79 Å². The molecule has 2 aromatic rings. The molecule has 0 unspecified atom stereocenters. The van der Waals surface area contributed by atoms with Gasteiger partial charge < -0.3 is 9.15 Å². The first kappa shape index (κ1) is 14.1. The van der Waals surface area contributed by atoms with Crippen LogP contribution < -0.4 is 4.74 Å². The minimum absolute atomic E-state index is 0.0188. The van der Waals surface area contributed by atoms with Crippen molar-refractivity contribution in [2.24, 2.45) is 0 Å². The lowest BCUT2D eigenvalue weighted by atomic mass is 10.2. The number of carbonyl (C=O) groups excluding carboxylic acids is 2. The van der Waals surface area contributed by atoms with Gasteiger partial charge in [0.1, 0.15) is 0 Å². The van der Waals surface area contributed by atoms with Crippen LogP contribution in [0.25, 0.3) is 0 Å². The Balaban J connectivity index is 2.33. The van der Waals surface area contributed by atoms with E-state index in [-0.39, 0.29) is 27.1 Å². The summed E-state index contributed by atoms with van der Waals surface area (Å²) in [6.07, 6.45) is 0.498. The fraction of sp³-hybridized carbons (Fsp3) is 0. The molecule has 0 saturated carbocycles. The summed E-state index contributed by atoms with van der Waals surface area (Å²) < 4.78 is 10.5. The first-order chi connectivity index (χ1) is 9.01. The summed E-state index contributed by atoms with van der Waals surface area (Å²) in [6, 6.07) is 5.69. The van der Waals surface area contributed by atoms with Crippen LogP contribution in [0.5, 0.6) is 5.75 Å². The molecule has 0 aliphatic heterocycles. The van der Waals surface area contributed by atoms with Gasteiger partial charge in [-0.15, -0.1) is 0 Å². The smallest absolute Gasteiger partial charge is 0.379 e. The highest BCUT2D eigenvalue weighted by Gasteiger charge is 2.18. The lowest BCUT2D eigenvalue weighted by Crippen LogP contribution is -2.09. The maximum atomic E-state index is 11.8. The zero-order valence-corrected chi connectivity index (χ0v) is 12.3. The van der Waals surface area contributed by atoms with Crippen LogP contribution in [0.3, 0.4) is 0 Å². The second-order valence-electron chi connectivity index (χ2n) is 3.42. The van der Waals surface area contributed by atoms with Gasteiger partial charge in [0.05, 0.1) is 10.6 Å². The molecule has 0 spiro atoms. The van der Waals surface area contributed by atoms with E-state index in [1.54, 1.807) is 6.07 Å². The van der Waals surface area contributed by atoms with Crippen LogP contribution in [0.2, 0.25) is 10.0 Å². The van der Waals surface area contributed by atoms with E-state index >= 15 is 0 Å². The number of esters is 1. The number of ether oxygens (including phenoxy) is 1. The number of hydrogen-bond donors (Lipinski definition) is 0. The quantitative estimate of drug-likeness (QED) is 0.461. The molecule has 2 rings (SSSR count). The second kappa shape index (κ2) is 5.77. The van der Waals surface area contributed by atoms with Crippen LogP contribution in [0, 0.1) is 0 Å². The Bertz CT molecular complexity index is 651. The van der Waals surface area contributed by atoms with Gasteiger partial charge in [-0.25, -0.2) is 4.79 Å². The molecule has 98 valence electrons. The van der Waals surface area contributed by atoms with E-state index in [4.69, 9.17) is 32.4 Å². The predicted octanol–water partition coefficient (Wildman–Crippen LogP) is 4.38. The third-order valence-corrected chi connectivity index (χ3v) is 3.06. The van der Waals surface area contributed by atoms with Crippen LogP contribution in [0.1, 0.15) is 20.9 Å². The molecule has 0 radical (unpaired) electrons. The third-order valence-electron chi connectivity index (χ3n) is 2.13. The van der Waals surface area contributed by atoms with Crippen molar-refractivity contribution in [3.05, 3.63) is 50.3 Å². The van der Waals surface area contributed by atoms with E-state index < -0.39 is 5.97 Å². The van der Waals surface area contributed by atoms with Crippen molar-refractivity contribution in [1.29, 1.82) is 0 Å². The highest BCUT2D eigenvalue weighted by Crippen LogP contribution is 2.32. The number of hydrogen-bond acceptors (Lipinski definition) is 4. The molecular formula is C12H5BrCl2O4. The highest BCUT2D eigenvalue weighted by molar-refractivity contribution is 9.10. The third kappa shape index (κ3) is 3.18. The fourth-order valence-corrected chi connectivity index (χ4v) is 2.20. The molecule has 0 fully saturated rings. The lowest BCUT2D eigenvalue weighted by molar-refractivity contribution is 0.0699. The first-order valence-electron chi connectivity index (χ1n) is 4.93. The Hall–Kier alpha value is -1.30. The number of carbonyl (C=O) groups is 2. The Kier molecular flexibility index (Phi) is 4.29. The normalized spacial score (nSPS) is 10.3. The van der Waals surface area contributed by atoms with E-state index in [1.807, 2.05) is 0 Å². The van der Waals surface area contributed by atoms with Gasteiger partial charge in [0, 0.05) is 5.02 Å². The standard InChI is InChI=1S/C12H5BrCl2O4/c13-10-2-1-9(18-10)12(17)19-11-6(5-16)3-7(14)4-8(11)15/h1-5H. The maximum absolute atomic E-state index is 11.8. The zero-order chi connectivity index (χ0) is 14.0. The van der Waals surface area contributed by atoms with Crippen molar-refractivity contribution in [3.63, 3.8) is 0 Å². The van der Waals surface area contributed by atoms with Crippen LogP contribution in [-0.4, -0.2) is 12.3 Å². The monoisotopic (exact) mass is 362 g/mol. The van der Waals surface area contributed by atoms with Gasteiger partial charge >= 0.3 is 5.97 Å². The molecule has 1 aromatic heterocycles. The van der Waals surface area contributed by atoms with Crippen molar-refractivity contribution >= 4 is 51.4 Å².